The summed E-state index contributed by atoms with van der Waals surface area (Å²) >= 11 is 5.71. The second-order valence-corrected chi connectivity index (χ2v) is 4.25. The molecule has 0 heterocycles. The summed E-state index contributed by atoms with van der Waals surface area (Å²) in [5, 5.41) is 9.78. The highest BCUT2D eigenvalue weighted by molar-refractivity contribution is 6.31. The van der Waals surface area contributed by atoms with Crippen LogP contribution in [0.1, 0.15) is 19.4 Å². The van der Waals surface area contributed by atoms with E-state index in [0.29, 0.717) is 0 Å². The number of rotatable bonds is 3. The van der Waals surface area contributed by atoms with Crippen LogP contribution >= 0.6 is 11.6 Å². The van der Waals surface area contributed by atoms with Crippen LogP contribution in [0, 0.1) is 5.82 Å². The molecule has 0 radical (unpaired) electrons. The van der Waals surface area contributed by atoms with Crippen molar-refractivity contribution in [2.24, 2.45) is 0 Å². The SMILES string of the molecule is COc1cc(Cl)c(F)c(C(C)(C)O)c1OC. The lowest BCUT2D eigenvalue weighted by Crippen LogP contribution is -2.19. The first-order chi connectivity index (χ1) is 7.32. The number of ether oxygens (including phenoxy) is 2. The van der Waals surface area contributed by atoms with Gasteiger partial charge in [0.25, 0.3) is 0 Å². The third kappa shape index (κ3) is 2.23. The molecule has 0 spiro atoms. The largest absolute Gasteiger partial charge is 0.493 e. The fraction of sp³-hybridized carbons (Fsp3) is 0.455. The summed E-state index contributed by atoms with van der Waals surface area (Å²) in [6, 6.07) is 1.31. The van der Waals surface area contributed by atoms with Gasteiger partial charge in [0.2, 0.25) is 0 Å². The molecule has 1 N–H and O–H groups in total. The zero-order valence-electron chi connectivity index (χ0n) is 9.60. The van der Waals surface area contributed by atoms with E-state index in [4.69, 9.17) is 21.1 Å². The quantitative estimate of drug-likeness (QED) is 0.894. The molecule has 0 fully saturated rings. The van der Waals surface area contributed by atoms with Crippen molar-refractivity contribution >= 4 is 11.6 Å². The minimum atomic E-state index is -1.41. The lowest BCUT2D eigenvalue weighted by Gasteiger charge is -2.23. The summed E-state index contributed by atoms with van der Waals surface area (Å²) in [6.07, 6.45) is 0. The van der Waals surface area contributed by atoms with Crippen molar-refractivity contribution in [1.82, 2.24) is 0 Å². The molecule has 0 atom stereocenters. The maximum Gasteiger partial charge on any atom is 0.169 e. The van der Waals surface area contributed by atoms with Crippen LogP contribution in [0.25, 0.3) is 0 Å². The fourth-order valence-electron chi connectivity index (χ4n) is 1.49. The molecule has 0 saturated carbocycles. The highest BCUT2D eigenvalue weighted by Crippen LogP contribution is 2.42. The Bertz CT molecular complexity index is 399. The lowest BCUT2D eigenvalue weighted by atomic mass is 9.96. The average Bonchev–Trinajstić information content (AvgIpc) is 2.19. The lowest BCUT2D eigenvalue weighted by molar-refractivity contribution is 0.0709. The van der Waals surface area contributed by atoms with Crippen LogP contribution in [0.4, 0.5) is 4.39 Å². The smallest absolute Gasteiger partial charge is 0.169 e. The Morgan fingerprint density at radius 2 is 1.88 bits per heavy atom. The molecule has 16 heavy (non-hydrogen) atoms. The molecule has 0 aliphatic rings. The van der Waals surface area contributed by atoms with Crippen LogP contribution in [0.5, 0.6) is 11.5 Å². The molecular formula is C11H14ClFO3. The van der Waals surface area contributed by atoms with E-state index in [1.807, 2.05) is 0 Å². The van der Waals surface area contributed by atoms with Crippen molar-refractivity contribution in [2.45, 2.75) is 19.4 Å². The van der Waals surface area contributed by atoms with Gasteiger partial charge in [0, 0.05) is 6.07 Å². The van der Waals surface area contributed by atoms with E-state index in [1.165, 1.54) is 34.1 Å². The highest BCUT2D eigenvalue weighted by atomic mass is 35.5. The van der Waals surface area contributed by atoms with E-state index in [0.717, 1.165) is 0 Å². The minimum absolute atomic E-state index is 0.0145. The molecular weight excluding hydrogens is 235 g/mol. The van der Waals surface area contributed by atoms with Gasteiger partial charge in [0.15, 0.2) is 17.3 Å². The molecule has 90 valence electrons. The number of halogens is 2. The number of aliphatic hydroxyl groups is 1. The molecule has 0 amide bonds. The summed E-state index contributed by atoms with van der Waals surface area (Å²) in [6.45, 7) is 2.90. The predicted octanol–water partition coefficient (Wildman–Crippen LogP) is 2.72. The van der Waals surface area contributed by atoms with E-state index >= 15 is 0 Å². The summed E-state index contributed by atoms with van der Waals surface area (Å²) < 4.78 is 23.9. The molecule has 5 heteroatoms. The van der Waals surface area contributed by atoms with Gasteiger partial charge >= 0.3 is 0 Å². The third-order valence-electron chi connectivity index (χ3n) is 2.17. The Balaban J connectivity index is 3.60. The van der Waals surface area contributed by atoms with Gasteiger partial charge in [-0.1, -0.05) is 11.6 Å². The molecule has 1 rings (SSSR count). The topological polar surface area (TPSA) is 38.7 Å². The summed E-state index contributed by atoms with van der Waals surface area (Å²) in [7, 11) is 2.79. The summed E-state index contributed by atoms with van der Waals surface area (Å²) in [5.41, 5.74) is -1.42. The van der Waals surface area contributed by atoms with E-state index < -0.39 is 11.4 Å². The third-order valence-corrected chi connectivity index (χ3v) is 2.45. The van der Waals surface area contributed by atoms with E-state index in [-0.39, 0.29) is 22.1 Å². The van der Waals surface area contributed by atoms with Crippen molar-refractivity contribution in [3.8, 4) is 11.5 Å². The van der Waals surface area contributed by atoms with E-state index in [1.54, 1.807) is 0 Å². The van der Waals surface area contributed by atoms with Crippen molar-refractivity contribution in [2.75, 3.05) is 14.2 Å². The maximum atomic E-state index is 13.8. The van der Waals surface area contributed by atoms with Crippen molar-refractivity contribution in [1.29, 1.82) is 0 Å². The van der Waals surface area contributed by atoms with Gasteiger partial charge < -0.3 is 14.6 Å². The van der Waals surface area contributed by atoms with Crippen molar-refractivity contribution in [3.05, 3.63) is 22.5 Å². The van der Waals surface area contributed by atoms with Crippen molar-refractivity contribution < 1.29 is 19.0 Å². The fourth-order valence-corrected chi connectivity index (χ4v) is 1.68. The Morgan fingerprint density at radius 1 is 1.31 bits per heavy atom. The second kappa shape index (κ2) is 4.47. The molecule has 0 aliphatic heterocycles. The summed E-state index contributed by atoms with van der Waals surface area (Å²) in [4.78, 5) is 0. The van der Waals surface area contributed by atoms with Crippen LogP contribution in [0.2, 0.25) is 5.02 Å². The number of hydrogen-bond donors (Lipinski definition) is 1. The van der Waals surface area contributed by atoms with Gasteiger partial charge in [-0.25, -0.2) is 4.39 Å². The van der Waals surface area contributed by atoms with Gasteiger partial charge in [0.05, 0.1) is 30.4 Å². The molecule has 1 aromatic rings. The first-order valence-electron chi connectivity index (χ1n) is 4.65. The first kappa shape index (κ1) is 13.1. The average molecular weight is 249 g/mol. The van der Waals surface area contributed by atoms with Crippen molar-refractivity contribution in [3.63, 3.8) is 0 Å². The molecule has 1 aromatic carbocycles. The number of benzene rings is 1. The molecule has 0 aromatic heterocycles. The number of methoxy groups -OCH3 is 2. The van der Waals surface area contributed by atoms with E-state index in [9.17, 15) is 9.50 Å². The van der Waals surface area contributed by atoms with Crippen LogP contribution in [-0.2, 0) is 5.60 Å². The van der Waals surface area contributed by atoms with Crippen LogP contribution in [0.3, 0.4) is 0 Å². The normalized spacial score (nSPS) is 11.4. The van der Waals surface area contributed by atoms with Crippen LogP contribution < -0.4 is 9.47 Å². The molecule has 3 nitrogen and oxygen atoms in total. The van der Waals surface area contributed by atoms with Crippen LogP contribution in [-0.4, -0.2) is 19.3 Å². The highest BCUT2D eigenvalue weighted by Gasteiger charge is 2.30. The standard InChI is InChI=1S/C11H14ClFO3/c1-11(2,14)8-9(13)6(12)5-7(15-3)10(8)16-4/h5,14H,1-4H3. The Labute approximate surface area is 98.7 Å². The minimum Gasteiger partial charge on any atom is -0.493 e. The van der Waals surface area contributed by atoms with Gasteiger partial charge in [-0.2, -0.15) is 0 Å². The first-order valence-corrected chi connectivity index (χ1v) is 5.03. The molecule has 0 saturated heterocycles. The van der Waals surface area contributed by atoms with Gasteiger partial charge in [0.1, 0.15) is 0 Å². The maximum absolute atomic E-state index is 13.8. The summed E-state index contributed by atoms with van der Waals surface area (Å²) in [5.74, 6) is -0.269. The van der Waals surface area contributed by atoms with E-state index in [2.05, 4.69) is 0 Å². The van der Waals surface area contributed by atoms with Crippen LogP contribution in [0.15, 0.2) is 6.07 Å². The second-order valence-electron chi connectivity index (χ2n) is 3.84. The molecule has 0 aliphatic carbocycles. The Kier molecular flexibility index (Phi) is 3.65. The Morgan fingerprint density at radius 3 is 2.25 bits per heavy atom. The number of hydrogen-bond acceptors (Lipinski definition) is 3. The molecule has 0 unspecified atom stereocenters. The monoisotopic (exact) mass is 248 g/mol. The predicted molar refractivity (Wildman–Crippen MR) is 59.8 cm³/mol. The zero-order valence-corrected chi connectivity index (χ0v) is 10.4. The van der Waals surface area contributed by atoms with Gasteiger partial charge in [-0.05, 0) is 13.8 Å². The molecule has 0 bridgehead atoms. The Hall–Kier alpha value is -1.00. The van der Waals surface area contributed by atoms with Gasteiger partial charge in [-0.3, -0.25) is 0 Å². The van der Waals surface area contributed by atoms with Gasteiger partial charge in [-0.15, -0.1) is 0 Å². The zero-order chi connectivity index (χ0) is 12.5.